The fourth-order valence-electron chi connectivity index (χ4n) is 3.45. The van der Waals surface area contributed by atoms with Crippen molar-refractivity contribution in [1.82, 2.24) is 5.32 Å². The number of aliphatic carboxylic acids is 1. The van der Waals surface area contributed by atoms with Crippen LogP contribution in [0.2, 0.25) is 0 Å². The molecule has 1 aliphatic carbocycles. The van der Waals surface area contributed by atoms with Crippen molar-refractivity contribution in [1.29, 1.82) is 0 Å². The molecule has 2 aromatic rings. The predicted molar refractivity (Wildman–Crippen MR) is 111 cm³/mol. The summed E-state index contributed by atoms with van der Waals surface area (Å²) >= 11 is 0. The van der Waals surface area contributed by atoms with Gasteiger partial charge in [0.1, 0.15) is 18.0 Å². The molecular weight excluding hydrogens is 386 g/mol. The van der Waals surface area contributed by atoms with Crippen LogP contribution in [0, 0.1) is 6.92 Å². The third kappa shape index (κ3) is 5.97. The highest BCUT2D eigenvalue weighted by Gasteiger charge is 2.34. The van der Waals surface area contributed by atoms with E-state index in [-0.39, 0.29) is 18.7 Å². The number of carboxylic acid groups (broad SMARTS) is 1. The highest BCUT2D eigenvalue weighted by Crippen LogP contribution is 2.34. The zero-order valence-electron chi connectivity index (χ0n) is 16.9. The number of hydrogen-bond donors (Lipinski definition) is 3. The second-order valence-electron chi connectivity index (χ2n) is 7.51. The van der Waals surface area contributed by atoms with Crippen LogP contribution in [0.4, 0.5) is 0 Å². The van der Waals surface area contributed by atoms with E-state index >= 15 is 0 Å². The molecule has 1 aliphatic rings. The quantitative estimate of drug-likeness (QED) is 0.612. The maximum absolute atomic E-state index is 12.0. The molecule has 0 spiro atoms. The molecule has 0 aliphatic heterocycles. The third-order valence-electron chi connectivity index (χ3n) is 5.09. The molecule has 7 heteroatoms. The van der Waals surface area contributed by atoms with E-state index in [0.717, 1.165) is 12.0 Å². The number of amides is 1. The summed E-state index contributed by atoms with van der Waals surface area (Å²) in [6.07, 6.45) is 0.261. The lowest BCUT2D eigenvalue weighted by atomic mass is 9.89. The number of hydrogen-bond acceptors (Lipinski definition) is 5. The largest absolute Gasteiger partial charge is 0.484 e. The maximum atomic E-state index is 12.0. The van der Waals surface area contributed by atoms with Crippen molar-refractivity contribution >= 4 is 11.9 Å². The summed E-state index contributed by atoms with van der Waals surface area (Å²) in [5, 5.41) is 22.2. The number of rotatable bonds is 8. The number of aliphatic hydroxyl groups excluding tert-OH is 1. The summed E-state index contributed by atoms with van der Waals surface area (Å²) in [6.45, 7) is 2.00. The molecule has 0 aromatic heterocycles. The van der Waals surface area contributed by atoms with Gasteiger partial charge in [-0.1, -0.05) is 29.8 Å². The van der Waals surface area contributed by atoms with E-state index in [9.17, 15) is 14.7 Å². The number of aryl methyl sites for hydroxylation is 1. The van der Waals surface area contributed by atoms with Gasteiger partial charge in [0.2, 0.25) is 5.91 Å². The second kappa shape index (κ2) is 10.1. The van der Waals surface area contributed by atoms with E-state index in [1.165, 1.54) is 0 Å². The van der Waals surface area contributed by atoms with Crippen LogP contribution in [-0.4, -0.2) is 40.3 Å². The molecule has 2 aromatic carbocycles. The van der Waals surface area contributed by atoms with E-state index in [4.69, 9.17) is 14.6 Å². The molecule has 0 radical (unpaired) electrons. The molecule has 3 atom stereocenters. The minimum atomic E-state index is -1.03. The summed E-state index contributed by atoms with van der Waals surface area (Å²) in [6, 6.07) is 14.5. The zero-order valence-corrected chi connectivity index (χ0v) is 16.9. The standard InChI is InChI=1S/C23H27NO6/c1-15-9-11-16(12-10-15)29-18-6-2-3-7-19(18)30-20-8-4-5-17(23(20)28)24-21(25)13-14-22(26)27/h2-3,6-7,9-12,17,20,23,28H,4-5,8,13-14H2,1H3,(H,24,25)(H,26,27)/t17-,20-,23-/m1/s1. The number of carbonyl (C=O) groups excluding carboxylic acids is 1. The van der Waals surface area contributed by atoms with Gasteiger partial charge in [-0.05, 0) is 50.5 Å². The third-order valence-corrected chi connectivity index (χ3v) is 5.09. The van der Waals surface area contributed by atoms with Crippen LogP contribution in [-0.2, 0) is 9.59 Å². The first-order valence-corrected chi connectivity index (χ1v) is 10.1. The van der Waals surface area contributed by atoms with Gasteiger partial charge in [-0.2, -0.15) is 0 Å². The molecule has 0 saturated heterocycles. The monoisotopic (exact) mass is 413 g/mol. The van der Waals surface area contributed by atoms with Gasteiger partial charge < -0.3 is 25.0 Å². The highest BCUT2D eigenvalue weighted by atomic mass is 16.5. The Balaban J connectivity index is 1.64. The van der Waals surface area contributed by atoms with Gasteiger partial charge in [0.15, 0.2) is 11.5 Å². The zero-order chi connectivity index (χ0) is 21.5. The predicted octanol–water partition coefficient (Wildman–Crippen LogP) is 3.43. The van der Waals surface area contributed by atoms with Gasteiger partial charge in [0.05, 0.1) is 12.5 Å². The van der Waals surface area contributed by atoms with Gasteiger partial charge in [0.25, 0.3) is 0 Å². The Kier molecular flexibility index (Phi) is 7.30. The number of carbonyl (C=O) groups is 2. The van der Waals surface area contributed by atoms with E-state index in [1.807, 2.05) is 43.3 Å². The van der Waals surface area contributed by atoms with Crippen molar-refractivity contribution < 1.29 is 29.3 Å². The van der Waals surface area contributed by atoms with Crippen molar-refractivity contribution in [2.45, 2.75) is 57.3 Å². The van der Waals surface area contributed by atoms with Crippen molar-refractivity contribution in [3.05, 3.63) is 54.1 Å². The van der Waals surface area contributed by atoms with Crippen molar-refractivity contribution in [2.24, 2.45) is 0 Å². The van der Waals surface area contributed by atoms with Crippen LogP contribution in [0.15, 0.2) is 48.5 Å². The topological polar surface area (TPSA) is 105 Å². The van der Waals surface area contributed by atoms with E-state index in [0.29, 0.717) is 30.1 Å². The number of carboxylic acids is 1. The molecule has 0 bridgehead atoms. The van der Waals surface area contributed by atoms with Gasteiger partial charge in [0, 0.05) is 6.42 Å². The molecule has 7 nitrogen and oxygen atoms in total. The first kappa shape index (κ1) is 21.6. The Hall–Kier alpha value is -3.06. The summed E-state index contributed by atoms with van der Waals surface area (Å²) in [5.74, 6) is 0.330. The molecule has 30 heavy (non-hydrogen) atoms. The lowest BCUT2D eigenvalue weighted by molar-refractivity contribution is -0.139. The van der Waals surface area contributed by atoms with Crippen LogP contribution in [0.3, 0.4) is 0 Å². The smallest absolute Gasteiger partial charge is 0.303 e. The van der Waals surface area contributed by atoms with E-state index in [2.05, 4.69) is 5.32 Å². The van der Waals surface area contributed by atoms with Crippen LogP contribution < -0.4 is 14.8 Å². The summed E-state index contributed by atoms with van der Waals surface area (Å²) in [5.41, 5.74) is 1.13. The molecule has 3 N–H and O–H groups in total. The number of ether oxygens (including phenoxy) is 2. The number of nitrogens with one attached hydrogen (secondary N) is 1. The number of benzene rings is 2. The molecule has 0 heterocycles. The Bertz CT molecular complexity index is 866. The van der Waals surface area contributed by atoms with Gasteiger partial charge in [-0.3, -0.25) is 9.59 Å². The Morgan fingerprint density at radius 3 is 2.43 bits per heavy atom. The molecule has 0 unspecified atom stereocenters. The Morgan fingerprint density at radius 1 is 1.03 bits per heavy atom. The first-order valence-electron chi connectivity index (χ1n) is 10.1. The van der Waals surface area contributed by atoms with Crippen LogP contribution >= 0.6 is 0 Å². The van der Waals surface area contributed by atoms with Gasteiger partial charge in [-0.25, -0.2) is 0 Å². The maximum Gasteiger partial charge on any atom is 0.303 e. The number of aliphatic hydroxyl groups is 1. The lowest BCUT2D eigenvalue weighted by Crippen LogP contribution is -2.52. The minimum absolute atomic E-state index is 0.114. The average molecular weight is 413 g/mol. The van der Waals surface area contributed by atoms with Crippen molar-refractivity contribution in [3.8, 4) is 17.2 Å². The Morgan fingerprint density at radius 2 is 1.73 bits per heavy atom. The summed E-state index contributed by atoms with van der Waals surface area (Å²) in [7, 11) is 0. The Labute approximate surface area is 175 Å². The highest BCUT2D eigenvalue weighted by molar-refractivity contribution is 5.80. The number of para-hydroxylation sites is 2. The van der Waals surface area contributed by atoms with Crippen molar-refractivity contribution in [2.75, 3.05) is 0 Å². The summed E-state index contributed by atoms with van der Waals surface area (Å²) < 4.78 is 12.0. The average Bonchev–Trinajstić information content (AvgIpc) is 2.72. The molecule has 1 saturated carbocycles. The van der Waals surface area contributed by atoms with Crippen molar-refractivity contribution in [3.63, 3.8) is 0 Å². The fourth-order valence-corrected chi connectivity index (χ4v) is 3.45. The second-order valence-corrected chi connectivity index (χ2v) is 7.51. The minimum Gasteiger partial charge on any atom is -0.484 e. The molecule has 1 fully saturated rings. The SMILES string of the molecule is Cc1ccc(Oc2ccccc2O[C@@H]2CCC[C@@H](NC(=O)CCC(=O)O)[C@H]2O)cc1. The molecular formula is C23H27NO6. The molecule has 3 rings (SSSR count). The van der Waals surface area contributed by atoms with E-state index < -0.39 is 24.2 Å². The van der Waals surface area contributed by atoms with Crippen LogP contribution in [0.1, 0.15) is 37.7 Å². The fraction of sp³-hybridized carbons (Fsp3) is 0.391. The van der Waals surface area contributed by atoms with Crippen LogP contribution in [0.25, 0.3) is 0 Å². The normalized spacial score (nSPS) is 20.9. The molecule has 1 amide bonds. The molecule has 160 valence electrons. The lowest BCUT2D eigenvalue weighted by Gasteiger charge is -2.35. The first-order chi connectivity index (χ1) is 14.4. The van der Waals surface area contributed by atoms with Gasteiger partial charge in [-0.15, -0.1) is 0 Å². The van der Waals surface area contributed by atoms with Crippen LogP contribution in [0.5, 0.6) is 17.2 Å². The summed E-state index contributed by atoms with van der Waals surface area (Å²) in [4.78, 5) is 22.6. The van der Waals surface area contributed by atoms with Gasteiger partial charge >= 0.3 is 5.97 Å². The van der Waals surface area contributed by atoms with E-state index in [1.54, 1.807) is 12.1 Å².